The van der Waals surface area contributed by atoms with Crippen LogP contribution in [0.3, 0.4) is 0 Å². The Morgan fingerprint density at radius 3 is 2.94 bits per heavy atom. The van der Waals surface area contributed by atoms with Crippen molar-refractivity contribution in [3.05, 3.63) is 18.1 Å². The lowest BCUT2D eigenvalue weighted by Crippen LogP contribution is -2.28. The van der Waals surface area contributed by atoms with E-state index in [1.54, 1.807) is 11.0 Å². The fourth-order valence-electron chi connectivity index (χ4n) is 1.68. The summed E-state index contributed by atoms with van der Waals surface area (Å²) >= 11 is 0. The van der Waals surface area contributed by atoms with E-state index in [0.29, 0.717) is 11.7 Å². The van der Waals surface area contributed by atoms with Crippen LogP contribution in [0.4, 0.5) is 5.82 Å². The molecule has 1 fully saturated rings. The third-order valence-corrected chi connectivity index (χ3v) is 3.01. The first-order valence-electron chi connectivity index (χ1n) is 6.54. The van der Waals surface area contributed by atoms with Gasteiger partial charge in [0.2, 0.25) is 0 Å². The van der Waals surface area contributed by atoms with Crippen LogP contribution in [0.15, 0.2) is 12.4 Å². The number of rotatable bonds is 6. The SMILES string of the molecule is CCCCN(C)C(=O)c1cc(NC2CC2)ncn1. The Kier molecular flexibility index (Phi) is 4.12. The van der Waals surface area contributed by atoms with Crippen molar-refractivity contribution in [2.75, 3.05) is 18.9 Å². The zero-order valence-electron chi connectivity index (χ0n) is 11.0. The van der Waals surface area contributed by atoms with Crippen molar-refractivity contribution < 1.29 is 4.79 Å². The van der Waals surface area contributed by atoms with Crippen LogP contribution in [-0.2, 0) is 0 Å². The monoisotopic (exact) mass is 248 g/mol. The molecule has 5 heteroatoms. The molecule has 1 saturated carbocycles. The first-order chi connectivity index (χ1) is 8.70. The molecule has 98 valence electrons. The lowest BCUT2D eigenvalue weighted by Gasteiger charge is -2.16. The number of amides is 1. The fourth-order valence-corrected chi connectivity index (χ4v) is 1.68. The van der Waals surface area contributed by atoms with Crippen LogP contribution >= 0.6 is 0 Å². The van der Waals surface area contributed by atoms with E-state index in [1.165, 1.54) is 19.2 Å². The summed E-state index contributed by atoms with van der Waals surface area (Å²) in [7, 11) is 1.81. The Morgan fingerprint density at radius 1 is 1.50 bits per heavy atom. The van der Waals surface area contributed by atoms with Gasteiger partial charge in [-0.25, -0.2) is 9.97 Å². The average Bonchev–Trinajstić information content (AvgIpc) is 3.19. The highest BCUT2D eigenvalue weighted by Gasteiger charge is 2.22. The van der Waals surface area contributed by atoms with E-state index in [9.17, 15) is 4.79 Å². The van der Waals surface area contributed by atoms with Crippen LogP contribution in [0.2, 0.25) is 0 Å². The van der Waals surface area contributed by atoms with Gasteiger partial charge in [0.15, 0.2) is 0 Å². The highest BCUT2D eigenvalue weighted by Crippen LogP contribution is 2.23. The summed E-state index contributed by atoms with van der Waals surface area (Å²) < 4.78 is 0. The maximum absolute atomic E-state index is 12.1. The summed E-state index contributed by atoms with van der Waals surface area (Å²) in [6.45, 7) is 2.88. The number of nitrogens with one attached hydrogen (secondary N) is 1. The van der Waals surface area contributed by atoms with Crippen molar-refractivity contribution in [3.63, 3.8) is 0 Å². The number of hydrogen-bond acceptors (Lipinski definition) is 4. The maximum atomic E-state index is 12.1. The van der Waals surface area contributed by atoms with Crippen LogP contribution in [0, 0.1) is 0 Å². The topological polar surface area (TPSA) is 58.1 Å². The molecule has 1 heterocycles. The number of carbonyl (C=O) groups excluding carboxylic acids is 1. The predicted molar refractivity (Wildman–Crippen MR) is 70.5 cm³/mol. The van der Waals surface area contributed by atoms with Gasteiger partial charge >= 0.3 is 0 Å². The second-order valence-corrected chi connectivity index (χ2v) is 4.79. The third-order valence-electron chi connectivity index (χ3n) is 3.01. The summed E-state index contributed by atoms with van der Waals surface area (Å²) in [6.07, 6.45) is 5.91. The molecule has 1 aromatic rings. The lowest BCUT2D eigenvalue weighted by molar-refractivity contribution is 0.0787. The van der Waals surface area contributed by atoms with E-state index in [4.69, 9.17) is 0 Å². The molecule has 0 atom stereocenters. The molecule has 0 spiro atoms. The molecule has 1 aliphatic rings. The predicted octanol–water partition coefficient (Wildman–Crippen LogP) is 1.92. The van der Waals surface area contributed by atoms with Crippen molar-refractivity contribution in [2.45, 2.75) is 38.6 Å². The van der Waals surface area contributed by atoms with E-state index in [2.05, 4.69) is 22.2 Å². The second kappa shape index (κ2) is 5.80. The summed E-state index contributed by atoms with van der Waals surface area (Å²) in [5.74, 6) is 0.712. The molecule has 0 aromatic carbocycles. The minimum absolute atomic E-state index is 0.0373. The van der Waals surface area contributed by atoms with Crippen molar-refractivity contribution in [1.82, 2.24) is 14.9 Å². The van der Waals surface area contributed by atoms with Gasteiger partial charge in [0.1, 0.15) is 17.8 Å². The zero-order valence-corrected chi connectivity index (χ0v) is 11.0. The first-order valence-corrected chi connectivity index (χ1v) is 6.54. The van der Waals surface area contributed by atoms with Gasteiger partial charge in [-0.2, -0.15) is 0 Å². The quantitative estimate of drug-likeness (QED) is 0.835. The molecule has 1 amide bonds. The molecule has 1 aliphatic carbocycles. The van der Waals surface area contributed by atoms with Gasteiger partial charge in [0.25, 0.3) is 5.91 Å². The standard InChI is InChI=1S/C13H20N4O/c1-3-4-7-17(2)13(18)11-8-12(15-9-14-11)16-10-5-6-10/h8-10H,3-7H2,1-2H3,(H,14,15,16). The Morgan fingerprint density at radius 2 is 2.28 bits per heavy atom. The molecular weight excluding hydrogens is 228 g/mol. The smallest absolute Gasteiger partial charge is 0.272 e. The Bertz CT molecular complexity index is 417. The normalized spacial score (nSPS) is 14.3. The summed E-state index contributed by atoms with van der Waals surface area (Å²) in [5, 5.41) is 3.27. The Balaban J connectivity index is 1.99. The number of unbranched alkanes of at least 4 members (excludes halogenated alkanes) is 1. The highest BCUT2D eigenvalue weighted by atomic mass is 16.2. The van der Waals surface area contributed by atoms with Crippen molar-refractivity contribution in [2.24, 2.45) is 0 Å². The van der Waals surface area contributed by atoms with Gasteiger partial charge in [-0.3, -0.25) is 4.79 Å². The number of hydrogen-bond donors (Lipinski definition) is 1. The lowest BCUT2D eigenvalue weighted by atomic mass is 10.3. The van der Waals surface area contributed by atoms with Gasteiger partial charge in [-0.15, -0.1) is 0 Å². The van der Waals surface area contributed by atoms with Crippen LogP contribution in [0.5, 0.6) is 0 Å². The third kappa shape index (κ3) is 3.42. The van der Waals surface area contributed by atoms with Crippen molar-refractivity contribution in [3.8, 4) is 0 Å². The van der Waals surface area contributed by atoms with Crippen LogP contribution in [-0.4, -0.2) is 40.4 Å². The second-order valence-electron chi connectivity index (χ2n) is 4.79. The van der Waals surface area contributed by atoms with E-state index in [0.717, 1.165) is 25.2 Å². The van der Waals surface area contributed by atoms with Crippen molar-refractivity contribution >= 4 is 11.7 Å². The van der Waals surface area contributed by atoms with E-state index < -0.39 is 0 Å². The Hall–Kier alpha value is -1.65. The van der Waals surface area contributed by atoms with Gasteiger partial charge in [-0.05, 0) is 19.3 Å². The molecule has 18 heavy (non-hydrogen) atoms. The van der Waals surface area contributed by atoms with Crippen molar-refractivity contribution in [1.29, 1.82) is 0 Å². The molecule has 0 bridgehead atoms. The van der Waals surface area contributed by atoms with E-state index in [1.807, 2.05) is 7.05 Å². The molecule has 0 unspecified atom stereocenters. The fraction of sp³-hybridized carbons (Fsp3) is 0.615. The minimum Gasteiger partial charge on any atom is -0.367 e. The molecule has 0 radical (unpaired) electrons. The molecule has 0 aliphatic heterocycles. The molecule has 1 aromatic heterocycles. The number of nitrogens with zero attached hydrogens (tertiary/aromatic N) is 3. The minimum atomic E-state index is -0.0373. The molecule has 1 N–H and O–H groups in total. The average molecular weight is 248 g/mol. The Labute approximate surface area is 108 Å². The summed E-state index contributed by atoms with van der Waals surface area (Å²) in [5.41, 5.74) is 0.465. The van der Waals surface area contributed by atoms with Crippen LogP contribution in [0.25, 0.3) is 0 Å². The largest absolute Gasteiger partial charge is 0.367 e. The first kappa shape index (κ1) is 12.8. The highest BCUT2D eigenvalue weighted by molar-refractivity contribution is 5.92. The summed E-state index contributed by atoms with van der Waals surface area (Å²) in [6, 6.07) is 2.27. The van der Waals surface area contributed by atoms with Gasteiger partial charge in [-0.1, -0.05) is 13.3 Å². The number of aromatic nitrogens is 2. The molecule has 5 nitrogen and oxygen atoms in total. The van der Waals surface area contributed by atoms with Gasteiger partial charge < -0.3 is 10.2 Å². The molecule has 0 saturated heterocycles. The number of carbonyl (C=O) groups is 1. The van der Waals surface area contributed by atoms with Crippen LogP contribution in [0.1, 0.15) is 43.1 Å². The molecule has 2 rings (SSSR count). The zero-order chi connectivity index (χ0) is 13.0. The van der Waals surface area contributed by atoms with Crippen LogP contribution < -0.4 is 5.32 Å². The van der Waals surface area contributed by atoms with E-state index in [-0.39, 0.29) is 5.91 Å². The van der Waals surface area contributed by atoms with E-state index >= 15 is 0 Å². The maximum Gasteiger partial charge on any atom is 0.272 e. The summed E-state index contributed by atoms with van der Waals surface area (Å²) in [4.78, 5) is 22.0. The van der Waals surface area contributed by atoms with Gasteiger partial charge in [0, 0.05) is 25.7 Å². The molecular formula is C13H20N4O. The van der Waals surface area contributed by atoms with Gasteiger partial charge in [0.05, 0.1) is 0 Å². The number of anilines is 1.